The fraction of sp³-hybridized carbons (Fsp3) is 0.409. The average Bonchev–Trinajstić information content (AvgIpc) is 2.61. The summed E-state index contributed by atoms with van der Waals surface area (Å²) in [6, 6.07) is 13.5. The van der Waals surface area contributed by atoms with Gasteiger partial charge in [-0.25, -0.2) is 0 Å². The molecule has 1 atom stereocenters. The van der Waals surface area contributed by atoms with E-state index in [4.69, 9.17) is 0 Å². The van der Waals surface area contributed by atoms with E-state index in [2.05, 4.69) is 56.0 Å². The molecule has 0 unspecified atom stereocenters. The minimum Gasteiger partial charge on any atom is -0.360 e. The van der Waals surface area contributed by atoms with Gasteiger partial charge in [-0.1, -0.05) is 23.8 Å². The number of aldehydes is 1. The summed E-state index contributed by atoms with van der Waals surface area (Å²) in [5.74, 6) is 0. The van der Waals surface area contributed by atoms with Gasteiger partial charge in [0.2, 0.25) is 0 Å². The van der Waals surface area contributed by atoms with Crippen LogP contribution in [-0.2, 0) is 0 Å². The molecule has 1 saturated heterocycles. The number of piperazine rings is 1. The summed E-state index contributed by atoms with van der Waals surface area (Å²) in [6.07, 6.45) is 0.937. The highest BCUT2D eigenvalue weighted by Crippen LogP contribution is 2.20. The minimum absolute atomic E-state index is 0.530. The molecule has 1 heterocycles. The first-order valence-corrected chi connectivity index (χ1v) is 9.22. The summed E-state index contributed by atoms with van der Waals surface area (Å²) in [6.45, 7) is 13.2. The Hall–Kier alpha value is -2.13. The van der Waals surface area contributed by atoms with Crippen molar-refractivity contribution in [2.75, 3.05) is 31.1 Å². The number of carbonyl (C=O) groups excluding carboxylic acids is 1. The molecule has 2 aromatic rings. The van der Waals surface area contributed by atoms with Crippen molar-refractivity contribution in [2.45, 2.75) is 33.7 Å². The van der Waals surface area contributed by atoms with Gasteiger partial charge in [0, 0.05) is 16.8 Å². The molecule has 3 rings (SSSR count). The molecule has 0 spiro atoms. The van der Waals surface area contributed by atoms with Crippen LogP contribution in [0, 0.1) is 20.8 Å². The molecule has 0 aromatic heterocycles. The molecule has 1 N–H and O–H groups in total. The first-order chi connectivity index (χ1) is 12.0. The molecule has 0 saturated carbocycles. The van der Waals surface area contributed by atoms with Gasteiger partial charge in [0.25, 0.3) is 0 Å². The van der Waals surface area contributed by atoms with Crippen molar-refractivity contribution in [2.24, 2.45) is 0 Å². The van der Waals surface area contributed by atoms with E-state index in [-0.39, 0.29) is 0 Å². The Morgan fingerprint density at radius 2 is 1.72 bits per heavy atom. The van der Waals surface area contributed by atoms with Gasteiger partial charge in [-0.2, -0.15) is 0 Å². The first kappa shape index (κ1) is 17.7. The SMILES string of the molecule is Cc1ccc([C@H](C)[NH+]2CCN(c3ccc(C=O)c(C)c3)CC2)c(C)c1. The second-order valence-corrected chi connectivity index (χ2v) is 7.39. The Labute approximate surface area is 151 Å². The number of quaternary nitrogens is 1. The van der Waals surface area contributed by atoms with Crippen LogP contribution in [-0.4, -0.2) is 32.5 Å². The van der Waals surface area contributed by atoms with Crippen molar-refractivity contribution >= 4 is 12.0 Å². The van der Waals surface area contributed by atoms with Crippen molar-refractivity contribution in [1.29, 1.82) is 0 Å². The molecule has 132 valence electrons. The van der Waals surface area contributed by atoms with Gasteiger partial charge in [0.15, 0.2) is 0 Å². The van der Waals surface area contributed by atoms with E-state index in [1.54, 1.807) is 4.90 Å². The number of carbonyl (C=O) groups is 1. The van der Waals surface area contributed by atoms with Crippen molar-refractivity contribution in [3.63, 3.8) is 0 Å². The molecule has 1 aliphatic heterocycles. The number of aryl methyl sites for hydroxylation is 3. The van der Waals surface area contributed by atoms with Crippen LogP contribution in [0.5, 0.6) is 0 Å². The Balaban J connectivity index is 1.67. The van der Waals surface area contributed by atoms with E-state index in [0.29, 0.717) is 6.04 Å². The molecule has 1 aliphatic rings. The summed E-state index contributed by atoms with van der Waals surface area (Å²) in [5.41, 5.74) is 7.30. The number of hydrogen-bond donors (Lipinski definition) is 1. The lowest BCUT2D eigenvalue weighted by Crippen LogP contribution is -3.14. The standard InChI is InChI=1S/C22H28N2O/c1-16-5-8-22(18(3)13-16)19(4)23-9-11-24(12-10-23)21-7-6-20(15-25)17(2)14-21/h5-8,13-15,19H,9-12H2,1-4H3/p+1/t19-/m0/s1. The van der Waals surface area contributed by atoms with E-state index in [1.165, 1.54) is 22.4 Å². The van der Waals surface area contributed by atoms with Gasteiger partial charge >= 0.3 is 0 Å². The van der Waals surface area contributed by atoms with E-state index < -0.39 is 0 Å². The normalized spacial score (nSPS) is 16.7. The second-order valence-electron chi connectivity index (χ2n) is 7.39. The summed E-state index contributed by atoms with van der Waals surface area (Å²) in [4.78, 5) is 15.1. The van der Waals surface area contributed by atoms with Crippen LogP contribution in [0.25, 0.3) is 0 Å². The van der Waals surface area contributed by atoms with Crippen LogP contribution in [0.1, 0.15) is 45.6 Å². The maximum absolute atomic E-state index is 11.0. The van der Waals surface area contributed by atoms with Gasteiger partial charge in [0.05, 0.1) is 26.2 Å². The lowest BCUT2D eigenvalue weighted by Gasteiger charge is -2.37. The van der Waals surface area contributed by atoms with Gasteiger partial charge < -0.3 is 9.80 Å². The molecule has 25 heavy (non-hydrogen) atoms. The van der Waals surface area contributed by atoms with Crippen molar-refractivity contribution < 1.29 is 9.69 Å². The third-order valence-corrected chi connectivity index (χ3v) is 5.66. The number of nitrogens with one attached hydrogen (secondary N) is 1. The average molecular weight is 337 g/mol. The first-order valence-electron chi connectivity index (χ1n) is 9.22. The number of hydrogen-bond acceptors (Lipinski definition) is 2. The van der Waals surface area contributed by atoms with Crippen molar-refractivity contribution in [1.82, 2.24) is 0 Å². The van der Waals surface area contributed by atoms with Gasteiger partial charge in [-0.05, 0) is 57.0 Å². The lowest BCUT2D eigenvalue weighted by molar-refractivity contribution is -0.930. The van der Waals surface area contributed by atoms with E-state index in [0.717, 1.165) is 43.6 Å². The predicted molar refractivity (Wildman–Crippen MR) is 104 cm³/mol. The molecule has 0 radical (unpaired) electrons. The predicted octanol–water partition coefficient (Wildman–Crippen LogP) is 2.89. The van der Waals surface area contributed by atoms with E-state index in [1.807, 2.05) is 13.0 Å². The van der Waals surface area contributed by atoms with Crippen LogP contribution in [0.15, 0.2) is 36.4 Å². The molecule has 3 nitrogen and oxygen atoms in total. The maximum atomic E-state index is 11.0. The molecule has 3 heteroatoms. The van der Waals surface area contributed by atoms with E-state index in [9.17, 15) is 4.79 Å². The minimum atomic E-state index is 0.530. The molecular formula is C22H29N2O+. The molecule has 1 fully saturated rings. The Bertz CT molecular complexity index is 761. The zero-order valence-corrected chi connectivity index (χ0v) is 15.8. The van der Waals surface area contributed by atoms with Crippen molar-refractivity contribution in [3.05, 3.63) is 64.2 Å². The van der Waals surface area contributed by atoms with Crippen LogP contribution in [0.4, 0.5) is 5.69 Å². The molecule has 0 aliphatic carbocycles. The molecule has 0 amide bonds. The highest BCUT2D eigenvalue weighted by Gasteiger charge is 2.26. The zero-order valence-electron chi connectivity index (χ0n) is 15.8. The number of benzene rings is 2. The summed E-state index contributed by atoms with van der Waals surface area (Å²) < 4.78 is 0. The summed E-state index contributed by atoms with van der Waals surface area (Å²) in [5, 5.41) is 0. The highest BCUT2D eigenvalue weighted by molar-refractivity contribution is 5.78. The fourth-order valence-corrected chi connectivity index (χ4v) is 4.01. The summed E-state index contributed by atoms with van der Waals surface area (Å²) in [7, 11) is 0. The quantitative estimate of drug-likeness (QED) is 0.868. The number of nitrogens with zero attached hydrogens (tertiary/aromatic N) is 1. The van der Waals surface area contributed by atoms with Gasteiger partial charge in [-0.3, -0.25) is 4.79 Å². The summed E-state index contributed by atoms with van der Waals surface area (Å²) >= 11 is 0. The molecule has 0 bridgehead atoms. The monoisotopic (exact) mass is 337 g/mol. The second kappa shape index (κ2) is 7.40. The van der Waals surface area contributed by atoms with Crippen LogP contribution in [0.3, 0.4) is 0 Å². The van der Waals surface area contributed by atoms with Crippen molar-refractivity contribution in [3.8, 4) is 0 Å². The largest absolute Gasteiger partial charge is 0.360 e. The van der Waals surface area contributed by atoms with Crippen LogP contribution in [0.2, 0.25) is 0 Å². The fourth-order valence-electron chi connectivity index (χ4n) is 4.01. The van der Waals surface area contributed by atoms with Crippen LogP contribution >= 0.6 is 0 Å². The highest BCUT2D eigenvalue weighted by atomic mass is 16.1. The lowest BCUT2D eigenvalue weighted by atomic mass is 9.98. The zero-order chi connectivity index (χ0) is 18.0. The van der Waals surface area contributed by atoms with Crippen LogP contribution < -0.4 is 9.80 Å². The Morgan fingerprint density at radius 3 is 2.32 bits per heavy atom. The third-order valence-electron chi connectivity index (χ3n) is 5.66. The van der Waals surface area contributed by atoms with E-state index >= 15 is 0 Å². The van der Waals surface area contributed by atoms with Gasteiger partial charge in [0.1, 0.15) is 12.3 Å². The third kappa shape index (κ3) is 3.77. The maximum Gasteiger partial charge on any atom is 0.150 e. The van der Waals surface area contributed by atoms with Gasteiger partial charge in [-0.15, -0.1) is 0 Å². The Morgan fingerprint density at radius 1 is 1.00 bits per heavy atom. The number of anilines is 1. The number of rotatable bonds is 4. The molecule has 2 aromatic carbocycles. The smallest absolute Gasteiger partial charge is 0.150 e. The molecular weight excluding hydrogens is 308 g/mol. The topological polar surface area (TPSA) is 24.8 Å². The Kier molecular flexibility index (Phi) is 5.24.